The molecule has 1 amide bonds. The standard InChI is InChI=1S/C24H28N4O2/c1-25-24(26-14-6-11-19-8-3-2-4-9-19)28-17-20-10-5-12-21(16-20)23(29)27-18-22-13-7-15-30-22/h2-5,7-10,12-13,15-16H,6,11,14,17-18H2,1H3,(H,27,29)(H2,25,26,28). The summed E-state index contributed by atoms with van der Waals surface area (Å²) in [6, 6.07) is 21.6. The number of furan rings is 1. The number of amides is 1. The molecule has 0 aliphatic rings. The van der Waals surface area contributed by atoms with E-state index in [1.54, 1.807) is 25.4 Å². The topological polar surface area (TPSA) is 78.7 Å². The van der Waals surface area contributed by atoms with Crippen molar-refractivity contribution in [3.05, 3.63) is 95.4 Å². The van der Waals surface area contributed by atoms with Gasteiger partial charge in [0.1, 0.15) is 5.76 Å². The van der Waals surface area contributed by atoms with Gasteiger partial charge >= 0.3 is 0 Å². The Hall–Kier alpha value is -3.54. The van der Waals surface area contributed by atoms with E-state index in [1.165, 1.54) is 5.56 Å². The first-order valence-electron chi connectivity index (χ1n) is 10.1. The lowest BCUT2D eigenvalue weighted by atomic mass is 10.1. The zero-order chi connectivity index (χ0) is 21.0. The molecular weight excluding hydrogens is 376 g/mol. The average Bonchev–Trinajstić information content (AvgIpc) is 3.31. The Kier molecular flexibility index (Phi) is 8.09. The van der Waals surface area contributed by atoms with Gasteiger partial charge in [0.25, 0.3) is 5.91 Å². The molecule has 0 atom stereocenters. The SMILES string of the molecule is CN=C(NCCCc1ccccc1)NCc1cccc(C(=O)NCc2ccco2)c1. The van der Waals surface area contributed by atoms with Gasteiger partial charge in [-0.1, -0.05) is 42.5 Å². The van der Waals surface area contributed by atoms with Crippen molar-refractivity contribution in [2.24, 2.45) is 4.99 Å². The second-order valence-corrected chi connectivity index (χ2v) is 6.90. The van der Waals surface area contributed by atoms with Crippen molar-refractivity contribution >= 4 is 11.9 Å². The molecule has 0 aliphatic carbocycles. The van der Waals surface area contributed by atoms with Crippen LogP contribution in [0.15, 0.2) is 82.4 Å². The van der Waals surface area contributed by atoms with E-state index >= 15 is 0 Å². The van der Waals surface area contributed by atoms with E-state index in [9.17, 15) is 4.79 Å². The summed E-state index contributed by atoms with van der Waals surface area (Å²) in [5, 5.41) is 9.49. The molecule has 156 valence electrons. The highest BCUT2D eigenvalue weighted by molar-refractivity contribution is 5.94. The number of nitrogens with one attached hydrogen (secondary N) is 3. The van der Waals surface area contributed by atoms with Crippen LogP contribution in [0.4, 0.5) is 0 Å². The molecule has 0 saturated carbocycles. The molecule has 6 heteroatoms. The molecule has 0 unspecified atom stereocenters. The smallest absolute Gasteiger partial charge is 0.251 e. The predicted molar refractivity (Wildman–Crippen MR) is 119 cm³/mol. The fraction of sp³-hybridized carbons (Fsp3) is 0.250. The van der Waals surface area contributed by atoms with Crippen molar-refractivity contribution in [1.82, 2.24) is 16.0 Å². The lowest BCUT2D eigenvalue weighted by molar-refractivity contribution is 0.0948. The van der Waals surface area contributed by atoms with Gasteiger partial charge in [0.2, 0.25) is 0 Å². The molecule has 30 heavy (non-hydrogen) atoms. The number of carbonyl (C=O) groups is 1. The summed E-state index contributed by atoms with van der Waals surface area (Å²) in [5.41, 5.74) is 2.96. The van der Waals surface area contributed by atoms with E-state index in [4.69, 9.17) is 4.42 Å². The highest BCUT2D eigenvalue weighted by Gasteiger charge is 2.07. The van der Waals surface area contributed by atoms with E-state index in [0.29, 0.717) is 18.7 Å². The Labute approximate surface area is 177 Å². The predicted octanol–water partition coefficient (Wildman–Crippen LogP) is 3.51. The van der Waals surface area contributed by atoms with Crippen LogP contribution in [0.3, 0.4) is 0 Å². The summed E-state index contributed by atoms with van der Waals surface area (Å²) in [6.07, 6.45) is 3.65. The van der Waals surface area contributed by atoms with E-state index in [2.05, 4.69) is 45.2 Å². The molecule has 0 spiro atoms. The van der Waals surface area contributed by atoms with E-state index < -0.39 is 0 Å². The number of rotatable bonds is 9. The van der Waals surface area contributed by atoms with Crippen molar-refractivity contribution in [2.75, 3.05) is 13.6 Å². The Morgan fingerprint density at radius 3 is 2.50 bits per heavy atom. The maximum atomic E-state index is 12.4. The lowest BCUT2D eigenvalue weighted by Gasteiger charge is -2.12. The van der Waals surface area contributed by atoms with Gasteiger partial charge < -0.3 is 20.4 Å². The van der Waals surface area contributed by atoms with E-state index in [1.807, 2.05) is 30.3 Å². The maximum absolute atomic E-state index is 12.4. The molecule has 6 nitrogen and oxygen atoms in total. The minimum Gasteiger partial charge on any atom is -0.467 e. The van der Waals surface area contributed by atoms with Gasteiger partial charge in [-0.15, -0.1) is 0 Å². The summed E-state index contributed by atoms with van der Waals surface area (Å²) in [7, 11) is 1.75. The summed E-state index contributed by atoms with van der Waals surface area (Å²) in [6.45, 7) is 1.79. The Bertz CT molecular complexity index is 937. The molecule has 3 aromatic rings. The summed E-state index contributed by atoms with van der Waals surface area (Å²) >= 11 is 0. The second-order valence-electron chi connectivity index (χ2n) is 6.90. The number of benzene rings is 2. The number of hydrogen-bond donors (Lipinski definition) is 3. The first-order chi connectivity index (χ1) is 14.7. The molecule has 0 fully saturated rings. The summed E-state index contributed by atoms with van der Waals surface area (Å²) < 4.78 is 5.24. The number of hydrogen-bond acceptors (Lipinski definition) is 3. The molecule has 1 aromatic heterocycles. The van der Waals surface area contributed by atoms with Crippen molar-refractivity contribution in [3.63, 3.8) is 0 Å². The lowest BCUT2D eigenvalue weighted by Crippen LogP contribution is -2.37. The minimum atomic E-state index is -0.128. The van der Waals surface area contributed by atoms with Gasteiger partial charge in [-0.2, -0.15) is 0 Å². The van der Waals surface area contributed by atoms with Crippen molar-refractivity contribution in [2.45, 2.75) is 25.9 Å². The fourth-order valence-corrected chi connectivity index (χ4v) is 3.06. The van der Waals surface area contributed by atoms with Gasteiger partial charge in [0, 0.05) is 25.7 Å². The van der Waals surface area contributed by atoms with Crippen molar-refractivity contribution < 1.29 is 9.21 Å². The van der Waals surface area contributed by atoms with Crippen LogP contribution in [0, 0.1) is 0 Å². The highest BCUT2D eigenvalue weighted by Crippen LogP contribution is 2.07. The molecule has 0 aliphatic heterocycles. The molecule has 0 bridgehead atoms. The number of carbonyl (C=O) groups excluding carboxylic acids is 1. The van der Waals surface area contributed by atoms with Crippen LogP contribution < -0.4 is 16.0 Å². The number of aryl methyl sites for hydroxylation is 1. The monoisotopic (exact) mass is 404 g/mol. The summed E-state index contributed by atoms with van der Waals surface area (Å²) in [4.78, 5) is 16.6. The first-order valence-corrected chi connectivity index (χ1v) is 10.1. The van der Waals surface area contributed by atoms with Crippen LogP contribution in [0.25, 0.3) is 0 Å². The summed E-state index contributed by atoms with van der Waals surface area (Å²) in [5.74, 6) is 1.34. The van der Waals surface area contributed by atoms with Gasteiger partial charge in [-0.05, 0) is 48.2 Å². The number of nitrogens with zero attached hydrogens (tertiary/aromatic N) is 1. The van der Waals surface area contributed by atoms with Crippen LogP contribution in [0.2, 0.25) is 0 Å². The van der Waals surface area contributed by atoms with Gasteiger partial charge in [0.15, 0.2) is 5.96 Å². The fourth-order valence-electron chi connectivity index (χ4n) is 3.06. The number of guanidine groups is 1. The van der Waals surface area contributed by atoms with Crippen LogP contribution in [0.5, 0.6) is 0 Å². The molecule has 1 heterocycles. The quantitative estimate of drug-likeness (QED) is 0.290. The van der Waals surface area contributed by atoms with Crippen LogP contribution in [-0.4, -0.2) is 25.5 Å². The zero-order valence-electron chi connectivity index (χ0n) is 17.2. The maximum Gasteiger partial charge on any atom is 0.251 e. The third-order valence-electron chi connectivity index (χ3n) is 4.65. The second kappa shape index (κ2) is 11.5. The van der Waals surface area contributed by atoms with E-state index in [0.717, 1.165) is 36.7 Å². The Morgan fingerprint density at radius 1 is 0.900 bits per heavy atom. The number of aliphatic imine (C=N–C) groups is 1. The van der Waals surface area contributed by atoms with Gasteiger partial charge in [0.05, 0.1) is 12.8 Å². The molecule has 3 rings (SSSR count). The third-order valence-corrected chi connectivity index (χ3v) is 4.65. The highest BCUT2D eigenvalue weighted by atomic mass is 16.3. The van der Waals surface area contributed by atoms with Crippen LogP contribution in [0.1, 0.15) is 33.7 Å². The zero-order valence-corrected chi connectivity index (χ0v) is 17.2. The van der Waals surface area contributed by atoms with Gasteiger partial charge in [-0.3, -0.25) is 9.79 Å². The molecule has 0 saturated heterocycles. The normalized spacial score (nSPS) is 11.2. The molecule has 2 aromatic carbocycles. The van der Waals surface area contributed by atoms with Crippen molar-refractivity contribution in [3.8, 4) is 0 Å². The third kappa shape index (κ3) is 6.81. The molecular formula is C24H28N4O2. The van der Waals surface area contributed by atoms with Crippen LogP contribution in [-0.2, 0) is 19.5 Å². The largest absolute Gasteiger partial charge is 0.467 e. The molecule has 0 radical (unpaired) electrons. The van der Waals surface area contributed by atoms with Crippen LogP contribution >= 0.6 is 0 Å². The first kappa shape index (κ1) is 21.2. The van der Waals surface area contributed by atoms with Crippen molar-refractivity contribution in [1.29, 1.82) is 0 Å². The Balaban J connectivity index is 1.42. The average molecular weight is 405 g/mol. The molecule has 3 N–H and O–H groups in total. The minimum absolute atomic E-state index is 0.128. The Morgan fingerprint density at radius 2 is 1.73 bits per heavy atom. The van der Waals surface area contributed by atoms with Gasteiger partial charge in [-0.25, -0.2) is 0 Å². The van der Waals surface area contributed by atoms with E-state index in [-0.39, 0.29) is 5.91 Å².